The van der Waals surface area contributed by atoms with Crippen LogP contribution >= 0.6 is 12.2 Å². The number of thiocarbonyl (C=S) groups is 1. The van der Waals surface area contributed by atoms with Crippen LogP contribution in [0.15, 0.2) is 91.4 Å². The van der Waals surface area contributed by atoms with Crippen molar-refractivity contribution in [2.45, 2.75) is 18.6 Å². The van der Waals surface area contributed by atoms with Crippen molar-refractivity contribution in [2.75, 3.05) is 4.90 Å². The number of para-hydroxylation sites is 1. The van der Waals surface area contributed by atoms with Crippen LogP contribution in [0.25, 0.3) is 0 Å². The Bertz CT molecular complexity index is 1190. The Morgan fingerprint density at radius 1 is 0.903 bits per heavy atom. The Kier molecular flexibility index (Phi) is 5.18. The van der Waals surface area contributed by atoms with Gasteiger partial charge in [0, 0.05) is 24.3 Å². The minimum atomic E-state index is -0.318. The maximum atomic E-state index is 14.8. The number of pyridine rings is 2. The Balaban J connectivity index is 1.62. The van der Waals surface area contributed by atoms with Crippen LogP contribution in [0.4, 0.5) is 10.1 Å². The summed E-state index contributed by atoms with van der Waals surface area (Å²) in [5.41, 5.74) is 3.23. The summed E-state index contributed by atoms with van der Waals surface area (Å²) in [5, 5.41) is 3.84. The highest BCUT2D eigenvalue weighted by Gasteiger charge is 2.42. The first-order valence-corrected chi connectivity index (χ1v) is 10.4. The van der Waals surface area contributed by atoms with Gasteiger partial charge in [0.25, 0.3) is 0 Å². The summed E-state index contributed by atoms with van der Waals surface area (Å²) in [5.74, 6) is -0.318. The number of hydrogen-bond donors (Lipinski definition) is 1. The normalized spacial score (nSPS) is 18.2. The molecule has 1 aliphatic heterocycles. The summed E-state index contributed by atoms with van der Waals surface area (Å²) in [6, 6.07) is 21.9. The van der Waals surface area contributed by atoms with Crippen LogP contribution in [0.1, 0.15) is 29.2 Å². The molecule has 0 aliphatic carbocycles. The molecule has 154 valence electrons. The van der Waals surface area contributed by atoms with Crippen LogP contribution in [0.3, 0.4) is 0 Å². The average molecular weight is 430 g/mol. The molecular weight excluding hydrogens is 409 g/mol. The molecule has 31 heavy (non-hydrogen) atoms. The lowest BCUT2D eigenvalue weighted by molar-refractivity contribution is 0.526. The van der Waals surface area contributed by atoms with Crippen molar-refractivity contribution >= 4 is 23.0 Å². The fourth-order valence-electron chi connectivity index (χ4n) is 4.07. The summed E-state index contributed by atoms with van der Waals surface area (Å²) >= 11 is 5.68. The Hall–Kier alpha value is -3.58. The largest absolute Gasteiger partial charge is 0.351 e. The van der Waals surface area contributed by atoms with Gasteiger partial charge in [-0.1, -0.05) is 24.3 Å². The first-order chi connectivity index (χ1) is 15.2. The van der Waals surface area contributed by atoms with Crippen LogP contribution in [0, 0.1) is 5.82 Å². The highest BCUT2D eigenvalue weighted by Crippen LogP contribution is 2.42. The number of halogens is 1. The number of benzene rings is 1. The zero-order valence-electron chi connectivity index (χ0n) is 16.6. The molecule has 1 aromatic carbocycles. The van der Waals surface area contributed by atoms with Crippen LogP contribution in [-0.4, -0.2) is 19.6 Å². The van der Waals surface area contributed by atoms with Gasteiger partial charge >= 0.3 is 0 Å². The van der Waals surface area contributed by atoms with Crippen molar-refractivity contribution in [1.82, 2.24) is 19.9 Å². The van der Waals surface area contributed by atoms with Crippen molar-refractivity contribution < 1.29 is 4.39 Å². The number of nitrogens with zero attached hydrogens (tertiary/aromatic N) is 4. The molecule has 5 nitrogen and oxygen atoms in total. The smallest absolute Gasteiger partial charge is 0.174 e. The second-order valence-corrected chi connectivity index (χ2v) is 7.72. The van der Waals surface area contributed by atoms with Crippen molar-refractivity contribution in [3.8, 4) is 0 Å². The molecule has 7 heteroatoms. The molecule has 1 saturated heterocycles. The molecule has 0 saturated carbocycles. The standard InChI is InChI=1S/C24H20FN5S/c25-18-9-1-2-11-20(18)30-23(22(28-24(30)31)19-10-4-6-14-27-19)21-12-7-15-29(21)16-17-8-3-5-13-26-17/h1-15,22-23H,16H2,(H,28,31)/t22-,23+/m0/s1. The minimum Gasteiger partial charge on any atom is -0.351 e. The molecule has 2 atom stereocenters. The van der Waals surface area contributed by atoms with Crippen LogP contribution in [-0.2, 0) is 6.54 Å². The van der Waals surface area contributed by atoms with Crippen LogP contribution < -0.4 is 10.2 Å². The number of hydrogen-bond acceptors (Lipinski definition) is 3. The molecule has 0 unspecified atom stereocenters. The lowest BCUT2D eigenvalue weighted by Crippen LogP contribution is -2.31. The van der Waals surface area contributed by atoms with Gasteiger partial charge in [0.1, 0.15) is 11.9 Å². The third-order valence-electron chi connectivity index (χ3n) is 5.44. The second kappa shape index (κ2) is 8.28. The van der Waals surface area contributed by atoms with Gasteiger partial charge in [0.2, 0.25) is 0 Å². The topological polar surface area (TPSA) is 46.0 Å². The molecule has 0 radical (unpaired) electrons. The molecule has 0 spiro atoms. The summed E-state index contributed by atoms with van der Waals surface area (Å²) in [4.78, 5) is 10.9. The molecule has 4 aromatic rings. The lowest BCUT2D eigenvalue weighted by Gasteiger charge is -2.29. The van der Waals surface area contributed by atoms with E-state index in [1.165, 1.54) is 6.07 Å². The van der Waals surface area contributed by atoms with Gasteiger partial charge in [0.05, 0.1) is 29.7 Å². The molecular formula is C24H20FN5S. The van der Waals surface area contributed by atoms with Gasteiger partial charge in [-0.15, -0.1) is 0 Å². The average Bonchev–Trinajstić information content (AvgIpc) is 3.39. The molecule has 4 heterocycles. The molecule has 0 bridgehead atoms. The van der Waals surface area contributed by atoms with E-state index in [0.29, 0.717) is 17.3 Å². The van der Waals surface area contributed by atoms with Gasteiger partial charge in [-0.2, -0.15) is 0 Å². The maximum Gasteiger partial charge on any atom is 0.174 e. The van der Waals surface area contributed by atoms with Gasteiger partial charge < -0.3 is 14.8 Å². The molecule has 1 aliphatic rings. The Labute approximate surface area is 185 Å². The second-order valence-electron chi connectivity index (χ2n) is 7.33. The Morgan fingerprint density at radius 3 is 2.42 bits per heavy atom. The summed E-state index contributed by atoms with van der Waals surface area (Å²) in [6.45, 7) is 0.604. The SMILES string of the molecule is Fc1ccccc1N1C(=S)N[C@@H](c2ccccn2)[C@H]1c1cccn1Cc1ccccn1. The first-order valence-electron chi connectivity index (χ1n) is 10.0. The third-order valence-corrected chi connectivity index (χ3v) is 5.75. The lowest BCUT2D eigenvalue weighted by atomic mass is 10.0. The summed E-state index contributed by atoms with van der Waals surface area (Å²) in [7, 11) is 0. The van der Waals surface area contributed by atoms with E-state index in [1.54, 1.807) is 24.5 Å². The van der Waals surface area contributed by atoms with E-state index in [2.05, 4.69) is 19.9 Å². The Morgan fingerprint density at radius 2 is 1.68 bits per heavy atom. The number of nitrogens with one attached hydrogen (secondary N) is 1. The predicted molar refractivity (Wildman–Crippen MR) is 122 cm³/mol. The molecule has 0 amide bonds. The van der Waals surface area contributed by atoms with E-state index in [4.69, 9.17) is 12.2 Å². The molecule has 3 aromatic heterocycles. The fourth-order valence-corrected chi connectivity index (χ4v) is 4.41. The monoisotopic (exact) mass is 429 g/mol. The van der Waals surface area contributed by atoms with E-state index in [9.17, 15) is 4.39 Å². The highest BCUT2D eigenvalue weighted by atomic mass is 32.1. The van der Waals surface area contributed by atoms with E-state index in [0.717, 1.165) is 17.1 Å². The number of aromatic nitrogens is 3. The summed E-state index contributed by atoms with van der Waals surface area (Å²) < 4.78 is 17.0. The zero-order chi connectivity index (χ0) is 21.2. The summed E-state index contributed by atoms with van der Waals surface area (Å²) in [6.07, 6.45) is 5.56. The van der Waals surface area contributed by atoms with Gasteiger partial charge in [-0.05, 0) is 60.7 Å². The number of rotatable bonds is 5. The van der Waals surface area contributed by atoms with Crippen LogP contribution in [0.5, 0.6) is 0 Å². The van der Waals surface area contributed by atoms with E-state index in [-0.39, 0.29) is 17.9 Å². The van der Waals surface area contributed by atoms with E-state index in [1.807, 2.05) is 65.7 Å². The van der Waals surface area contributed by atoms with Crippen molar-refractivity contribution in [1.29, 1.82) is 0 Å². The molecule has 1 N–H and O–H groups in total. The highest BCUT2D eigenvalue weighted by molar-refractivity contribution is 7.80. The first kappa shape index (κ1) is 19.4. The molecule has 1 fully saturated rings. The van der Waals surface area contributed by atoms with E-state index >= 15 is 0 Å². The van der Waals surface area contributed by atoms with Crippen molar-refractivity contribution in [3.63, 3.8) is 0 Å². The third kappa shape index (κ3) is 3.68. The van der Waals surface area contributed by atoms with Gasteiger partial charge in [0.15, 0.2) is 5.11 Å². The van der Waals surface area contributed by atoms with Crippen molar-refractivity contribution in [2.24, 2.45) is 0 Å². The fraction of sp³-hybridized carbons (Fsp3) is 0.125. The predicted octanol–water partition coefficient (Wildman–Crippen LogP) is 4.64. The quantitative estimate of drug-likeness (QED) is 0.468. The van der Waals surface area contributed by atoms with Crippen LogP contribution in [0.2, 0.25) is 0 Å². The van der Waals surface area contributed by atoms with Crippen molar-refractivity contribution in [3.05, 3.63) is 114 Å². The van der Waals surface area contributed by atoms with E-state index < -0.39 is 0 Å². The van der Waals surface area contributed by atoms with Gasteiger partial charge in [-0.25, -0.2) is 4.39 Å². The number of anilines is 1. The molecule has 5 rings (SSSR count). The van der Waals surface area contributed by atoms with Gasteiger partial charge in [-0.3, -0.25) is 9.97 Å². The zero-order valence-corrected chi connectivity index (χ0v) is 17.4. The maximum absolute atomic E-state index is 14.8. The minimum absolute atomic E-state index is 0.231.